The number of amides is 1. The molecule has 0 fully saturated rings. The van der Waals surface area contributed by atoms with Gasteiger partial charge in [-0.05, 0) is 17.7 Å². The lowest BCUT2D eigenvalue weighted by molar-refractivity contribution is -0.146. The van der Waals surface area contributed by atoms with Crippen molar-refractivity contribution in [3.8, 4) is 0 Å². The van der Waals surface area contributed by atoms with E-state index in [0.717, 1.165) is 5.56 Å². The molecule has 0 radical (unpaired) electrons. The number of halogens is 1. The number of benzene rings is 1. The van der Waals surface area contributed by atoms with Crippen molar-refractivity contribution in [3.05, 3.63) is 34.9 Å². The van der Waals surface area contributed by atoms with Crippen molar-refractivity contribution in [2.45, 2.75) is 26.8 Å². The average molecular weight is 298 g/mol. The third-order valence-corrected chi connectivity index (χ3v) is 3.29. The molecule has 1 amide bonds. The van der Waals surface area contributed by atoms with Crippen molar-refractivity contribution in [2.75, 3.05) is 13.7 Å². The quantitative estimate of drug-likeness (QED) is 0.759. The van der Waals surface area contributed by atoms with Crippen molar-refractivity contribution in [3.63, 3.8) is 0 Å². The Morgan fingerprint density at radius 2 is 1.90 bits per heavy atom. The molecular formula is C15H20ClNO3. The first-order valence-electron chi connectivity index (χ1n) is 6.58. The van der Waals surface area contributed by atoms with Crippen LogP contribution in [0, 0.1) is 5.92 Å². The van der Waals surface area contributed by atoms with E-state index in [1.165, 1.54) is 7.11 Å². The fourth-order valence-electron chi connectivity index (χ4n) is 1.89. The second-order valence-corrected chi connectivity index (χ2v) is 5.11. The van der Waals surface area contributed by atoms with E-state index in [-0.39, 0.29) is 17.8 Å². The molecule has 1 aromatic rings. The van der Waals surface area contributed by atoms with Crippen LogP contribution in [0.2, 0.25) is 5.02 Å². The highest BCUT2D eigenvalue weighted by Gasteiger charge is 2.20. The van der Waals surface area contributed by atoms with Gasteiger partial charge in [0.2, 0.25) is 5.91 Å². The van der Waals surface area contributed by atoms with Crippen LogP contribution in [0.15, 0.2) is 24.3 Å². The van der Waals surface area contributed by atoms with Gasteiger partial charge in [0.25, 0.3) is 0 Å². The largest absolute Gasteiger partial charge is 0.469 e. The van der Waals surface area contributed by atoms with Crippen molar-refractivity contribution >= 4 is 23.5 Å². The Bertz CT molecular complexity index is 459. The third kappa shape index (κ3) is 4.85. The second kappa shape index (κ2) is 7.90. The number of carbonyl (C=O) groups excluding carboxylic acids is 2. The molecule has 1 atom stereocenters. The number of nitrogens with zero attached hydrogens (tertiary/aromatic N) is 1. The van der Waals surface area contributed by atoms with Crippen molar-refractivity contribution in [1.29, 1.82) is 0 Å². The van der Waals surface area contributed by atoms with Crippen molar-refractivity contribution in [1.82, 2.24) is 4.90 Å². The minimum absolute atomic E-state index is 0.00991. The van der Waals surface area contributed by atoms with E-state index in [1.807, 2.05) is 12.1 Å². The molecule has 1 rings (SSSR count). The maximum absolute atomic E-state index is 12.0. The van der Waals surface area contributed by atoms with Gasteiger partial charge in [-0.1, -0.05) is 37.6 Å². The molecule has 0 aromatic heterocycles. The number of ether oxygens (including phenoxy) is 1. The van der Waals surface area contributed by atoms with E-state index < -0.39 is 0 Å². The molecule has 0 spiro atoms. The Kier molecular flexibility index (Phi) is 6.52. The number of rotatable bonds is 6. The lowest BCUT2D eigenvalue weighted by Crippen LogP contribution is -2.36. The molecule has 1 aromatic carbocycles. The van der Waals surface area contributed by atoms with E-state index in [4.69, 9.17) is 16.3 Å². The fourth-order valence-corrected chi connectivity index (χ4v) is 2.02. The van der Waals surface area contributed by atoms with Crippen LogP contribution < -0.4 is 0 Å². The van der Waals surface area contributed by atoms with Crippen LogP contribution in [0.3, 0.4) is 0 Å². The lowest BCUT2D eigenvalue weighted by atomic mass is 10.1. The molecule has 4 nitrogen and oxygen atoms in total. The first-order valence-corrected chi connectivity index (χ1v) is 6.95. The van der Waals surface area contributed by atoms with Gasteiger partial charge >= 0.3 is 5.97 Å². The van der Waals surface area contributed by atoms with Gasteiger partial charge in [0.15, 0.2) is 0 Å². The summed E-state index contributed by atoms with van der Waals surface area (Å²) in [6, 6.07) is 7.33. The van der Waals surface area contributed by atoms with Gasteiger partial charge in [0, 0.05) is 24.5 Å². The summed E-state index contributed by atoms with van der Waals surface area (Å²) in [7, 11) is 1.35. The average Bonchev–Trinajstić information content (AvgIpc) is 2.46. The minimum Gasteiger partial charge on any atom is -0.469 e. The number of hydrogen-bond acceptors (Lipinski definition) is 3. The lowest BCUT2D eigenvalue weighted by Gasteiger charge is -2.25. The molecule has 1 unspecified atom stereocenters. The highest BCUT2D eigenvalue weighted by Crippen LogP contribution is 2.13. The summed E-state index contributed by atoms with van der Waals surface area (Å²) in [5.74, 6) is -0.645. The van der Waals surface area contributed by atoms with Gasteiger partial charge < -0.3 is 9.64 Å². The maximum Gasteiger partial charge on any atom is 0.310 e. The second-order valence-electron chi connectivity index (χ2n) is 4.68. The first-order chi connectivity index (χ1) is 9.47. The van der Waals surface area contributed by atoms with Crippen molar-refractivity contribution < 1.29 is 14.3 Å². The van der Waals surface area contributed by atoms with Crippen LogP contribution in [0.25, 0.3) is 0 Å². The monoisotopic (exact) mass is 297 g/mol. The Morgan fingerprint density at radius 1 is 1.30 bits per heavy atom. The SMILES string of the molecule is CCC(=O)N(Cc1ccc(Cl)cc1)CC(C)C(=O)OC. The zero-order valence-corrected chi connectivity index (χ0v) is 12.8. The van der Waals surface area contributed by atoms with E-state index >= 15 is 0 Å². The van der Waals surface area contributed by atoms with Gasteiger partial charge in [0.05, 0.1) is 13.0 Å². The molecular weight excluding hydrogens is 278 g/mol. The van der Waals surface area contributed by atoms with Gasteiger partial charge in [-0.3, -0.25) is 9.59 Å². The number of esters is 1. The molecule has 0 aliphatic rings. The van der Waals surface area contributed by atoms with E-state index in [9.17, 15) is 9.59 Å². The van der Waals surface area contributed by atoms with Gasteiger partial charge in [-0.2, -0.15) is 0 Å². The van der Waals surface area contributed by atoms with Crippen LogP contribution in [0.5, 0.6) is 0 Å². The predicted octanol–water partition coefficient (Wildman–Crippen LogP) is 2.89. The summed E-state index contributed by atoms with van der Waals surface area (Å²) in [5, 5.41) is 0.657. The van der Waals surface area contributed by atoms with Crippen LogP contribution in [-0.2, 0) is 20.9 Å². The summed E-state index contributed by atoms with van der Waals surface area (Å²) < 4.78 is 4.70. The molecule has 0 aliphatic carbocycles. The van der Waals surface area contributed by atoms with Gasteiger partial charge in [-0.25, -0.2) is 0 Å². The predicted molar refractivity (Wildman–Crippen MR) is 78.3 cm³/mol. The summed E-state index contributed by atoms with van der Waals surface area (Å²) in [6.45, 7) is 4.37. The van der Waals surface area contributed by atoms with Crippen LogP contribution >= 0.6 is 11.6 Å². The summed E-state index contributed by atoms with van der Waals surface area (Å²) in [4.78, 5) is 25.1. The van der Waals surface area contributed by atoms with Crippen LogP contribution in [0.4, 0.5) is 0 Å². The standard InChI is InChI=1S/C15H20ClNO3/c1-4-14(18)17(9-11(2)15(19)20-3)10-12-5-7-13(16)8-6-12/h5-8,11H,4,9-10H2,1-3H3. The summed E-state index contributed by atoms with van der Waals surface area (Å²) in [5.41, 5.74) is 0.980. The Labute approximate surface area is 124 Å². The highest BCUT2D eigenvalue weighted by atomic mass is 35.5. The molecule has 0 N–H and O–H groups in total. The van der Waals surface area contributed by atoms with E-state index in [0.29, 0.717) is 24.5 Å². The molecule has 110 valence electrons. The van der Waals surface area contributed by atoms with E-state index in [1.54, 1.807) is 30.9 Å². The topological polar surface area (TPSA) is 46.6 Å². The zero-order valence-electron chi connectivity index (χ0n) is 12.1. The number of hydrogen-bond donors (Lipinski definition) is 0. The molecule has 0 saturated carbocycles. The smallest absolute Gasteiger partial charge is 0.310 e. The molecule has 0 heterocycles. The molecule has 0 saturated heterocycles. The van der Waals surface area contributed by atoms with Crippen LogP contribution in [0.1, 0.15) is 25.8 Å². The van der Waals surface area contributed by atoms with Crippen molar-refractivity contribution in [2.24, 2.45) is 5.92 Å². The normalized spacial score (nSPS) is 11.8. The Hall–Kier alpha value is -1.55. The molecule has 0 aliphatic heterocycles. The Balaban J connectivity index is 2.76. The van der Waals surface area contributed by atoms with Crippen LogP contribution in [-0.4, -0.2) is 30.4 Å². The minimum atomic E-state index is -0.345. The third-order valence-electron chi connectivity index (χ3n) is 3.04. The zero-order chi connectivity index (χ0) is 15.1. The maximum atomic E-state index is 12.0. The first kappa shape index (κ1) is 16.5. The highest BCUT2D eigenvalue weighted by molar-refractivity contribution is 6.30. The molecule has 0 bridgehead atoms. The summed E-state index contributed by atoms with van der Waals surface area (Å²) in [6.07, 6.45) is 0.404. The van der Waals surface area contributed by atoms with Gasteiger partial charge in [-0.15, -0.1) is 0 Å². The Morgan fingerprint density at radius 3 is 2.40 bits per heavy atom. The number of carbonyl (C=O) groups is 2. The summed E-state index contributed by atoms with van der Waals surface area (Å²) >= 11 is 5.84. The molecule has 5 heteroatoms. The van der Waals surface area contributed by atoms with Gasteiger partial charge in [0.1, 0.15) is 0 Å². The number of methoxy groups -OCH3 is 1. The molecule has 20 heavy (non-hydrogen) atoms. The fraction of sp³-hybridized carbons (Fsp3) is 0.467. The van der Waals surface area contributed by atoms with E-state index in [2.05, 4.69) is 0 Å².